The standard InChI is InChI=1S/C11H18N2O3/c1-16-8-9-4-3-7-12(9)13-10(14)5-2-6-11(13)15/h9H,2-8H2,1H3. The molecule has 5 heteroatoms. The second kappa shape index (κ2) is 4.93. The Balaban J connectivity index is 2.09. The summed E-state index contributed by atoms with van der Waals surface area (Å²) in [6, 6.07) is 0.177. The maximum Gasteiger partial charge on any atom is 0.243 e. The number of imide groups is 1. The van der Waals surface area contributed by atoms with Crippen molar-refractivity contribution in [1.29, 1.82) is 0 Å². The molecular formula is C11H18N2O3. The molecule has 0 saturated carbocycles. The molecule has 0 spiro atoms. The first-order chi connectivity index (χ1) is 7.74. The van der Waals surface area contributed by atoms with Gasteiger partial charge in [-0.3, -0.25) is 9.59 Å². The zero-order valence-corrected chi connectivity index (χ0v) is 9.65. The molecule has 0 radical (unpaired) electrons. The van der Waals surface area contributed by atoms with E-state index in [0.29, 0.717) is 25.9 Å². The van der Waals surface area contributed by atoms with Crippen LogP contribution in [0.1, 0.15) is 32.1 Å². The van der Waals surface area contributed by atoms with Crippen LogP contribution in [0.2, 0.25) is 0 Å². The fourth-order valence-electron chi connectivity index (χ4n) is 2.47. The van der Waals surface area contributed by atoms with Crippen molar-refractivity contribution >= 4 is 11.8 Å². The van der Waals surface area contributed by atoms with Gasteiger partial charge in [0.05, 0.1) is 12.6 Å². The average molecular weight is 226 g/mol. The van der Waals surface area contributed by atoms with E-state index in [1.807, 2.05) is 5.01 Å². The number of piperidine rings is 1. The molecule has 2 rings (SSSR count). The van der Waals surface area contributed by atoms with Gasteiger partial charge in [-0.15, -0.1) is 0 Å². The number of ether oxygens (including phenoxy) is 1. The van der Waals surface area contributed by atoms with Crippen molar-refractivity contribution in [1.82, 2.24) is 10.0 Å². The molecule has 2 heterocycles. The summed E-state index contributed by atoms with van der Waals surface area (Å²) in [5, 5.41) is 3.26. The zero-order valence-electron chi connectivity index (χ0n) is 9.65. The first-order valence-corrected chi connectivity index (χ1v) is 5.85. The third-order valence-electron chi connectivity index (χ3n) is 3.22. The number of hydrazine groups is 1. The van der Waals surface area contributed by atoms with Crippen LogP contribution in [0.3, 0.4) is 0 Å². The third kappa shape index (κ3) is 2.10. The predicted octanol–water partition coefficient (Wildman–Crippen LogP) is 0.551. The van der Waals surface area contributed by atoms with Gasteiger partial charge in [0.1, 0.15) is 0 Å². The summed E-state index contributed by atoms with van der Waals surface area (Å²) in [7, 11) is 1.65. The second-order valence-electron chi connectivity index (χ2n) is 4.37. The molecule has 5 nitrogen and oxygen atoms in total. The van der Waals surface area contributed by atoms with Gasteiger partial charge >= 0.3 is 0 Å². The molecule has 0 N–H and O–H groups in total. The molecule has 1 atom stereocenters. The first kappa shape index (κ1) is 11.5. The number of rotatable bonds is 3. The number of methoxy groups -OCH3 is 1. The molecule has 1 unspecified atom stereocenters. The minimum atomic E-state index is -0.0562. The summed E-state index contributed by atoms with van der Waals surface area (Å²) in [6.07, 6.45) is 3.68. The Hall–Kier alpha value is -0.940. The van der Waals surface area contributed by atoms with E-state index < -0.39 is 0 Å². The van der Waals surface area contributed by atoms with E-state index in [-0.39, 0.29) is 17.9 Å². The van der Waals surface area contributed by atoms with Gasteiger partial charge in [0, 0.05) is 26.5 Å². The Kier molecular flexibility index (Phi) is 3.56. The summed E-state index contributed by atoms with van der Waals surface area (Å²) in [4.78, 5) is 23.5. The van der Waals surface area contributed by atoms with E-state index in [1.54, 1.807) is 7.11 Å². The molecule has 16 heavy (non-hydrogen) atoms. The van der Waals surface area contributed by atoms with Gasteiger partial charge in [-0.05, 0) is 19.3 Å². The largest absolute Gasteiger partial charge is 0.383 e. The lowest BCUT2D eigenvalue weighted by molar-refractivity contribution is -0.171. The molecule has 90 valence electrons. The van der Waals surface area contributed by atoms with Crippen molar-refractivity contribution in [2.75, 3.05) is 20.3 Å². The average Bonchev–Trinajstić information content (AvgIpc) is 2.67. The molecule has 0 aromatic carbocycles. The minimum Gasteiger partial charge on any atom is -0.383 e. The summed E-state index contributed by atoms with van der Waals surface area (Å²) < 4.78 is 5.13. The van der Waals surface area contributed by atoms with Crippen LogP contribution in [0, 0.1) is 0 Å². The minimum absolute atomic E-state index is 0.0562. The maximum atomic E-state index is 11.8. The highest BCUT2D eigenvalue weighted by Crippen LogP contribution is 2.24. The van der Waals surface area contributed by atoms with Gasteiger partial charge in [-0.2, -0.15) is 0 Å². The normalized spacial score (nSPS) is 27.8. The molecule has 2 saturated heterocycles. The lowest BCUT2D eigenvalue weighted by Crippen LogP contribution is -2.54. The Morgan fingerprint density at radius 3 is 2.56 bits per heavy atom. The van der Waals surface area contributed by atoms with E-state index in [4.69, 9.17) is 4.74 Å². The van der Waals surface area contributed by atoms with Gasteiger partial charge in [0.25, 0.3) is 0 Å². The fourth-order valence-corrected chi connectivity index (χ4v) is 2.47. The SMILES string of the molecule is COCC1CCCN1N1C(=O)CCCC1=O. The number of carbonyl (C=O) groups excluding carboxylic acids is 2. The van der Waals surface area contributed by atoms with E-state index in [1.165, 1.54) is 5.01 Å². The van der Waals surface area contributed by atoms with Crippen molar-refractivity contribution in [2.24, 2.45) is 0 Å². The van der Waals surface area contributed by atoms with E-state index in [0.717, 1.165) is 19.4 Å². The fraction of sp³-hybridized carbons (Fsp3) is 0.818. The molecule has 2 amide bonds. The van der Waals surface area contributed by atoms with Gasteiger partial charge < -0.3 is 4.74 Å². The summed E-state index contributed by atoms with van der Waals surface area (Å²) in [5.74, 6) is -0.112. The maximum absolute atomic E-state index is 11.8. The monoisotopic (exact) mass is 226 g/mol. The number of carbonyl (C=O) groups is 2. The van der Waals surface area contributed by atoms with Gasteiger partial charge in [-0.1, -0.05) is 0 Å². The number of amides is 2. The van der Waals surface area contributed by atoms with Crippen LogP contribution >= 0.6 is 0 Å². The molecule has 2 aliphatic heterocycles. The number of hydrogen-bond acceptors (Lipinski definition) is 4. The van der Waals surface area contributed by atoms with Crippen LogP contribution in [0.25, 0.3) is 0 Å². The van der Waals surface area contributed by atoms with Gasteiger partial charge in [0.2, 0.25) is 11.8 Å². The Labute approximate surface area is 95.3 Å². The molecule has 0 aromatic rings. The van der Waals surface area contributed by atoms with E-state index in [9.17, 15) is 9.59 Å². The third-order valence-corrected chi connectivity index (χ3v) is 3.22. The van der Waals surface area contributed by atoms with Crippen LogP contribution in [-0.2, 0) is 14.3 Å². The zero-order chi connectivity index (χ0) is 11.5. The van der Waals surface area contributed by atoms with E-state index in [2.05, 4.69) is 0 Å². The van der Waals surface area contributed by atoms with Crippen molar-refractivity contribution in [2.45, 2.75) is 38.1 Å². The summed E-state index contributed by atoms with van der Waals surface area (Å²) in [6.45, 7) is 1.36. The molecule has 2 aliphatic rings. The van der Waals surface area contributed by atoms with Crippen LogP contribution in [0.4, 0.5) is 0 Å². The van der Waals surface area contributed by atoms with Gasteiger partial charge in [-0.25, -0.2) is 10.0 Å². The van der Waals surface area contributed by atoms with Crippen LogP contribution in [-0.4, -0.2) is 48.1 Å². The number of nitrogens with zero attached hydrogens (tertiary/aromatic N) is 2. The molecule has 0 bridgehead atoms. The Morgan fingerprint density at radius 1 is 1.25 bits per heavy atom. The smallest absolute Gasteiger partial charge is 0.243 e. The molecule has 0 aliphatic carbocycles. The summed E-state index contributed by atoms with van der Waals surface area (Å²) >= 11 is 0. The van der Waals surface area contributed by atoms with E-state index >= 15 is 0 Å². The predicted molar refractivity (Wildman–Crippen MR) is 57.3 cm³/mol. The van der Waals surface area contributed by atoms with Crippen molar-refractivity contribution in [3.05, 3.63) is 0 Å². The Bertz CT molecular complexity index is 277. The number of hydrogen-bond donors (Lipinski definition) is 0. The lowest BCUT2D eigenvalue weighted by atomic mass is 10.1. The molecule has 0 aromatic heterocycles. The molecular weight excluding hydrogens is 208 g/mol. The van der Waals surface area contributed by atoms with Gasteiger partial charge in [0.15, 0.2) is 0 Å². The highest BCUT2D eigenvalue weighted by molar-refractivity contribution is 5.96. The molecule has 2 fully saturated rings. The van der Waals surface area contributed by atoms with Crippen molar-refractivity contribution < 1.29 is 14.3 Å². The summed E-state index contributed by atoms with van der Waals surface area (Å²) in [5.41, 5.74) is 0. The van der Waals surface area contributed by atoms with Crippen LogP contribution < -0.4 is 0 Å². The van der Waals surface area contributed by atoms with Crippen LogP contribution in [0.5, 0.6) is 0 Å². The quantitative estimate of drug-likeness (QED) is 0.659. The van der Waals surface area contributed by atoms with Crippen molar-refractivity contribution in [3.8, 4) is 0 Å². The van der Waals surface area contributed by atoms with Crippen LogP contribution in [0.15, 0.2) is 0 Å². The lowest BCUT2D eigenvalue weighted by Gasteiger charge is -2.36. The Morgan fingerprint density at radius 2 is 1.94 bits per heavy atom. The highest BCUT2D eigenvalue weighted by atomic mass is 16.5. The highest BCUT2D eigenvalue weighted by Gasteiger charge is 2.37. The first-order valence-electron chi connectivity index (χ1n) is 5.85. The topological polar surface area (TPSA) is 49.9 Å². The second-order valence-corrected chi connectivity index (χ2v) is 4.37. The van der Waals surface area contributed by atoms with Crippen molar-refractivity contribution in [3.63, 3.8) is 0 Å².